The van der Waals surface area contributed by atoms with Gasteiger partial charge in [-0.25, -0.2) is 0 Å². The number of allylic oxidation sites excluding steroid dienone is 17. The summed E-state index contributed by atoms with van der Waals surface area (Å²) in [5, 5.41) is 47.5. The van der Waals surface area contributed by atoms with Crippen LogP contribution in [0.5, 0.6) is 0 Å². The van der Waals surface area contributed by atoms with Crippen LogP contribution in [-0.2, 0) is 23.9 Å². The highest BCUT2D eigenvalue weighted by Gasteiger charge is 2.40. The Morgan fingerprint density at radius 1 is 0.816 bits per heavy atom. The minimum Gasteiger partial charge on any atom is -0.463 e. The van der Waals surface area contributed by atoms with Crippen LogP contribution in [0, 0.1) is 5.41 Å². The predicted molar refractivity (Wildman–Crippen MR) is 190 cm³/mol. The zero-order chi connectivity index (χ0) is 37.1. The average molecular weight is 683 g/mol. The Morgan fingerprint density at radius 3 is 1.94 bits per heavy atom. The molecular weight excluding hydrogens is 628 g/mol. The maximum absolute atomic E-state index is 13.1. The first-order chi connectivity index (χ1) is 23.0. The molecule has 0 radical (unpaired) electrons. The highest BCUT2D eigenvalue weighted by molar-refractivity contribution is 6.01. The van der Waals surface area contributed by atoms with Crippen LogP contribution in [-0.4, -0.2) is 87.0 Å². The van der Waals surface area contributed by atoms with E-state index < -0.39 is 67.5 Å². The van der Waals surface area contributed by atoms with Crippen LogP contribution < -0.4 is 0 Å². The van der Waals surface area contributed by atoms with Gasteiger partial charge in [0, 0.05) is 6.42 Å². The van der Waals surface area contributed by atoms with Crippen molar-refractivity contribution in [3.8, 4) is 0 Å². The largest absolute Gasteiger partial charge is 0.463 e. The molecule has 0 aromatic rings. The number of hydrogen-bond donors (Lipinski definition) is 5. The molecule has 10 heteroatoms. The number of Topliss-reactive ketones (excluding diaryl/α,β-unsaturated/α-hetero) is 1. The monoisotopic (exact) mass is 682 g/mol. The lowest BCUT2D eigenvalue weighted by molar-refractivity contribution is -0.161. The van der Waals surface area contributed by atoms with Crippen molar-refractivity contribution in [2.75, 3.05) is 13.2 Å². The summed E-state index contributed by atoms with van der Waals surface area (Å²) >= 11 is 0. The van der Waals surface area contributed by atoms with Crippen molar-refractivity contribution in [3.63, 3.8) is 0 Å². The molecular formula is C39H54O10. The number of carbonyl (C=O) groups is 3. The van der Waals surface area contributed by atoms with Gasteiger partial charge in [-0.1, -0.05) is 110 Å². The second-order valence-corrected chi connectivity index (χ2v) is 12.6. The van der Waals surface area contributed by atoms with E-state index in [2.05, 4.69) is 0 Å². The normalized spacial score (nSPS) is 20.6. The summed E-state index contributed by atoms with van der Waals surface area (Å²) in [6.45, 7) is 12.1. The first-order valence-corrected chi connectivity index (χ1v) is 16.3. The third-order valence-corrected chi connectivity index (χ3v) is 7.76. The SMILES string of the molecule is C\C=C/C=C/C(C)=C/C=C/C=C(C)/C=C/C=C(C)/C=C/C1=C(C)C(=O)C(OC(=O)CCC(=O)OCC(O)C(O)C(O)C(O)CO)CC1(C)C. The Balaban J connectivity index is 2.74. The van der Waals surface area contributed by atoms with Crippen molar-refractivity contribution in [1.29, 1.82) is 0 Å². The zero-order valence-corrected chi connectivity index (χ0v) is 29.7. The average Bonchev–Trinajstić information content (AvgIpc) is 3.05. The molecule has 1 rings (SSSR count). The zero-order valence-electron chi connectivity index (χ0n) is 29.7. The van der Waals surface area contributed by atoms with E-state index in [0.29, 0.717) is 5.57 Å². The van der Waals surface area contributed by atoms with Crippen molar-refractivity contribution < 1.29 is 49.4 Å². The van der Waals surface area contributed by atoms with E-state index >= 15 is 0 Å². The third kappa shape index (κ3) is 15.9. The number of ketones is 1. The second-order valence-electron chi connectivity index (χ2n) is 12.6. The van der Waals surface area contributed by atoms with Crippen molar-refractivity contribution in [2.24, 2.45) is 5.41 Å². The molecule has 5 N–H and O–H groups in total. The summed E-state index contributed by atoms with van der Waals surface area (Å²) < 4.78 is 10.3. The molecule has 0 spiro atoms. The quantitative estimate of drug-likeness (QED) is 0.102. The highest BCUT2D eigenvalue weighted by Crippen LogP contribution is 2.40. The molecule has 49 heavy (non-hydrogen) atoms. The molecule has 1 aliphatic carbocycles. The maximum atomic E-state index is 13.1. The first-order valence-electron chi connectivity index (χ1n) is 16.3. The van der Waals surface area contributed by atoms with Gasteiger partial charge in [-0.2, -0.15) is 0 Å². The number of esters is 2. The summed E-state index contributed by atoms with van der Waals surface area (Å²) in [5.41, 5.74) is 4.06. The summed E-state index contributed by atoms with van der Waals surface area (Å²) in [7, 11) is 0. The Labute approximate surface area is 290 Å². The molecule has 0 heterocycles. The van der Waals surface area contributed by atoms with Gasteiger partial charge in [0.1, 0.15) is 31.0 Å². The predicted octanol–water partition coefficient (Wildman–Crippen LogP) is 4.61. The number of ether oxygens (including phenoxy) is 2. The highest BCUT2D eigenvalue weighted by atomic mass is 16.6. The van der Waals surface area contributed by atoms with Crippen molar-refractivity contribution >= 4 is 17.7 Å². The van der Waals surface area contributed by atoms with Gasteiger partial charge in [0.25, 0.3) is 0 Å². The minimum atomic E-state index is -1.88. The van der Waals surface area contributed by atoms with E-state index in [1.165, 1.54) is 0 Å². The summed E-state index contributed by atoms with van der Waals surface area (Å²) in [5.74, 6) is -1.97. The molecule has 0 aromatic heterocycles. The molecule has 1 aliphatic rings. The van der Waals surface area contributed by atoms with Gasteiger partial charge in [-0.05, 0) is 51.2 Å². The van der Waals surface area contributed by atoms with E-state index in [9.17, 15) is 34.8 Å². The number of carbonyl (C=O) groups excluding carboxylic acids is 3. The van der Waals surface area contributed by atoms with E-state index in [1.807, 2.05) is 121 Å². The van der Waals surface area contributed by atoms with Crippen LogP contribution in [0.1, 0.15) is 67.7 Å². The Kier molecular flexibility index (Phi) is 19.3. The van der Waals surface area contributed by atoms with E-state index in [4.69, 9.17) is 14.6 Å². The summed E-state index contributed by atoms with van der Waals surface area (Å²) in [6, 6.07) is 0. The molecule has 0 aromatic carbocycles. The van der Waals surface area contributed by atoms with Gasteiger partial charge in [0.2, 0.25) is 0 Å². The van der Waals surface area contributed by atoms with Gasteiger partial charge in [-0.15, -0.1) is 0 Å². The van der Waals surface area contributed by atoms with Gasteiger partial charge in [0.15, 0.2) is 11.9 Å². The Bertz CT molecular complexity index is 1400. The minimum absolute atomic E-state index is 0.256. The van der Waals surface area contributed by atoms with Crippen LogP contribution in [0.3, 0.4) is 0 Å². The van der Waals surface area contributed by atoms with Crippen molar-refractivity contribution in [3.05, 3.63) is 107 Å². The fraction of sp³-hybridized carbons (Fsp3) is 0.462. The molecule has 0 bridgehead atoms. The molecule has 0 saturated heterocycles. The third-order valence-electron chi connectivity index (χ3n) is 7.76. The van der Waals surface area contributed by atoms with E-state index in [0.717, 1.165) is 22.3 Å². The fourth-order valence-corrected chi connectivity index (χ4v) is 4.79. The standard InChI is InChI=1S/C39H54O10/c1-8-9-10-14-26(2)15-11-12-16-27(3)17-13-18-28(4)19-20-30-29(5)36(45)33(23-39(30,6)7)49-35(44)22-21-34(43)48-25-32(42)38(47)37(46)31(41)24-40/h8-20,31-33,37-38,40-42,46-47H,21-25H2,1-7H3/b9-8-,12-11+,14-10+,17-13+,20-19+,26-15+,27-16+,28-18+. The number of aliphatic hydroxyl groups excluding tert-OH is 5. The van der Waals surface area contributed by atoms with Gasteiger partial charge in [-0.3, -0.25) is 14.4 Å². The lowest BCUT2D eigenvalue weighted by atomic mass is 9.71. The lowest BCUT2D eigenvalue weighted by Crippen LogP contribution is -2.47. The van der Waals surface area contributed by atoms with Crippen LogP contribution in [0.15, 0.2) is 107 Å². The molecule has 0 fully saturated rings. The molecule has 5 unspecified atom stereocenters. The number of aliphatic hydroxyl groups is 5. The van der Waals surface area contributed by atoms with Gasteiger partial charge < -0.3 is 35.0 Å². The van der Waals surface area contributed by atoms with Crippen LogP contribution >= 0.6 is 0 Å². The van der Waals surface area contributed by atoms with Crippen molar-refractivity contribution in [1.82, 2.24) is 0 Å². The number of rotatable bonds is 18. The van der Waals surface area contributed by atoms with Crippen molar-refractivity contribution in [2.45, 2.75) is 98.2 Å². The van der Waals surface area contributed by atoms with E-state index in [-0.39, 0.29) is 18.6 Å². The Morgan fingerprint density at radius 2 is 1.35 bits per heavy atom. The molecule has 5 atom stereocenters. The molecule has 0 amide bonds. The van der Waals surface area contributed by atoms with Crippen LogP contribution in [0.25, 0.3) is 0 Å². The molecule has 270 valence electrons. The molecule has 0 saturated carbocycles. The second kappa shape index (κ2) is 21.9. The maximum Gasteiger partial charge on any atom is 0.307 e. The Hall–Kier alpha value is -3.93. The van der Waals surface area contributed by atoms with E-state index in [1.54, 1.807) is 6.92 Å². The topological polar surface area (TPSA) is 171 Å². The van der Waals surface area contributed by atoms with Crippen LogP contribution in [0.4, 0.5) is 0 Å². The van der Waals surface area contributed by atoms with Gasteiger partial charge in [0.05, 0.1) is 19.4 Å². The number of hydrogen-bond acceptors (Lipinski definition) is 10. The lowest BCUT2D eigenvalue weighted by Gasteiger charge is -2.36. The van der Waals surface area contributed by atoms with Crippen LogP contribution in [0.2, 0.25) is 0 Å². The first kappa shape index (κ1) is 43.1. The smallest absolute Gasteiger partial charge is 0.307 e. The summed E-state index contributed by atoms with van der Waals surface area (Å²) in [4.78, 5) is 37.7. The fourth-order valence-electron chi connectivity index (χ4n) is 4.79. The van der Waals surface area contributed by atoms with Gasteiger partial charge >= 0.3 is 11.9 Å². The molecule has 10 nitrogen and oxygen atoms in total. The summed E-state index contributed by atoms with van der Waals surface area (Å²) in [6.07, 6.45) is 17.1. The molecule has 0 aliphatic heterocycles.